The van der Waals surface area contributed by atoms with E-state index in [2.05, 4.69) is 34.9 Å². The molecular formula is C15H22N2O2. The maximum absolute atomic E-state index is 10.6. The Kier molecular flexibility index (Phi) is 5.21. The van der Waals surface area contributed by atoms with Gasteiger partial charge in [0, 0.05) is 12.6 Å². The molecule has 4 heteroatoms. The van der Waals surface area contributed by atoms with Crippen LogP contribution in [0.15, 0.2) is 30.3 Å². The quantitative estimate of drug-likeness (QED) is 0.764. The molecule has 4 nitrogen and oxygen atoms in total. The van der Waals surface area contributed by atoms with Gasteiger partial charge in [-0.2, -0.15) is 0 Å². The number of carbonyl (C=O) groups is 1. The standard InChI is InChI=1S/C15H22N2O2/c18-15(19)17-14-8-6-13(7-9-14)11-16-10-12-4-2-1-3-5-12/h1-5,13-14,16-17H,6-11H2,(H,18,19). The molecule has 1 amide bonds. The first-order valence-electron chi connectivity index (χ1n) is 6.98. The summed E-state index contributed by atoms with van der Waals surface area (Å²) in [6.45, 7) is 1.93. The molecule has 0 heterocycles. The summed E-state index contributed by atoms with van der Waals surface area (Å²) in [5, 5.41) is 14.7. The van der Waals surface area contributed by atoms with Gasteiger partial charge in [0.15, 0.2) is 0 Å². The molecule has 0 aliphatic heterocycles. The van der Waals surface area contributed by atoms with Crippen LogP contribution in [-0.2, 0) is 6.54 Å². The van der Waals surface area contributed by atoms with Crippen LogP contribution in [-0.4, -0.2) is 23.8 Å². The third-order valence-corrected chi connectivity index (χ3v) is 3.78. The maximum atomic E-state index is 10.6. The SMILES string of the molecule is O=C(O)NC1CCC(CNCc2ccccc2)CC1. The molecule has 1 saturated carbocycles. The highest BCUT2D eigenvalue weighted by Crippen LogP contribution is 2.23. The van der Waals surface area contributed by atoms with Crippen molar-refractivity contribution in [2.45, 2.75) is 38.3 Å². The number of hydrogen-bond acceptors (Lipinski definition) is 2. The van der Waals surface area contributed by atoms with Gasteiger partial charge < -0.3 is 15.7 Å². The Morgan fingerprint density at radius 1 is 1.16 bits per heavy atom. The van der Waals surface area contributed by atoms with Crippen LogP contribution >= 0.6 is 0 Å². The van der Waals surface area contributed by atoms with Crippen LogP contribution in [0, 0.1) is 5.92 Å². The van der Waals surface area contributed by atoms with E-state index in [1.807, 2.05) is 6.07 Å². The molecule has 0 unspecified atom stereocenters. The van der Waals surface area contributed by atoms with E-state index in [9.17, 15) is 4.79 Å². The fourth-order valence-electron chi connectivity index (χ4n) is 2.70. The van der Waals surface area contributed by atoms with Gasteiger partial charge in [-0.3, -0.25) is 0 Å². The topological polar surface area (TPSA) is 61.4 Å². The van der Waals surface area contributed by atoms with Crippen LogP contribution in [0.5, 0.6) is 0 Å². The molecule has 0 bridgehead atoms. The van der Waals surface area contributed by atoms with E-state index in [-0.39, 0.29) is 6.04 Å². The molecule has 1 aliphatic rings. The summed E-state index contributed by atoms with van der Waals surface area (Å²) in [4.78, 5) is 10.6. The highest BCUT2D eigenvalue weighted by Gasteiger charge is 2.21. The van der Waals surface area contributed by atoms with Gasteiger partial charge in [0.2, 0.25) is 0 Å². The summed E-state index contributed by atoms with van der Waals surface area (Å²) in [6, 6.07) is 10.5. The van der Waals surface area contributed by atoms with Crippen molar-refractivity contribution in [3.63, 3.8) is 0 Å². The Hall–Kier alpha value is -1.55. The second-order valence-electron chi connectivity index (χ2n) is 5.28. The fraction of sp³-hybridized carbons (Fsp3) is 0.533. The van der Waals surface area contributed by atoms with Gasteiger partial charge in [-0.1, -0.05) is 30.3 Å². The Balaban J connectivity index is 1.62. The number of benzene rings is 1. The highest BCUT2D eigenvalue weighted by atomic mass is 16.4. The predicted molar refractivity (Wildman–Crippen MR) is 75.1 cm³/mol. The van der Waals surface area contributed by atoms with Crippen LogP contribution in [0.4, 0.5) is 4.79 Å². The lowest BCUT2D eigenvalue weighted by atomic mass is 9.86. The smallest absolute Gasteiger partial charge is 0.404 e. The normalized spacial score (nSPS) is 22.9. The fourth-order valence-corrected chi connectivity index (χ4v) is 2.70. The van der Waals surface area contributed by atoms with Crippen LogP contribution in [0.25, 0.3) is 0 Å². The van der Waals surface area contributed by atoms with E-state index in [1.165, 1.54) is 5.56 Å². The van der Waals surface area contributed by atoms with Crippen molar-refractivity contribution >= 4 is 6.09 Å². The van der Waals surface area contributed by atoms with E-state index in [0.29, 0.717) is 5.92 Å². The zero-order chi connectivity index (χ0) is 13.5. The largest absolute Gasteiger partial charge is 0.465 e. The molecule has 0 atom stereocenters. The van der Waals surface area contributed by atoms with Crippen molar-refractivity contribution in [2.24, 2.45) is 5.92 Å². The van der Waals surface area contributed by atoms with Crippen molar-refractivity contribution in [1.29, 1.82) is 0 Å². The number of carboxylic acid groups (broad SMARTS) is 1. The van der Waals surface area contributed by atoms with Crippen molar-refractivity contribution < 1.29 is 9.90 Å². The average molecular weight is 262 g/mol. The molecule has 1 aliphatic carbocycles. The number of nitrogens with one attached hydrogen (secondary N) is 2. The first-order chi connectivity index (χ1) is 9.24. The van der Waals surface area contributed by atoms with E-state index in [0.717, 1.165) is 38.8 Å². The van der Waals surface area contributed by atoms with Crippen molar-refractivity contribution in [3.05, 3.63) is 35.9 Å². The Morgan fingerprint density at radius 3 is 2.47 bits per heavy atom. The van der Waals surface area contributed by atoms with Crippen LogP contribution in [0.1, 0.15) is 31.2 Å². The molecule has 1 fully saturated rings. The van der Waals surface area contributed by atoms with Gasteiger partial charge in [0.1, 0.15) is 0 Å². The monoisotopic (exact) mass is 262 g/mol. The van der Waals surface area contributed by atoms with E-state index < -0.39 is 6.09 Å². The Morgan fingerprint density at radius 2 is 1.84 bits per heavy atom. The molecular weight excluding hydrogens is 240 g/mol. The second kappa shape index (κ2) is 7.14. The lowest BCUT2D eigenvalue weighted by Crippen LogP contribution is -2.38. The van der Waals surface area contributed by atoms with Crippen molar-refractivity contribution in [3.8, 4) is 0 Å². The molecule has 0 spiro atoms. The molecule has 0 saturated heterocycles. The van der Waals surface area contributed by atoms with Gasteiger partial charge in [0.25, 0.3) is 0 Å². The molecule has 104 valence electrons. The summed E-state index contributed by atoms with van der Waals surface area (Å²) < 4.78 is 0. The van der Waals surface area contributed by atoms with Gasteiger partial charge in [-0.15, -0.1) is 0 Å². The van der Waals surface area contributed by atoms with E-state index in [4.69, 9.17) is 5.11 Å². The van der Waals surface area contributed by atoms with Crippen LogP contribution in [0.3, 0.4) is 0 Å². The van der Waals surface area contributed by atoms with Crippen LogP contribution < -0.4 is 10.6 Å². The summed E-state index contributed by atoms with van der Waals surface area (Å²) >= 11 is 0. The van der Waals surface area contributed by atoms with Crippen molar-refractivity contribution in [1.82, 2.24) is 10.6 Å². The number of rotatable bonds is 5. The number of amides is 1. The van der Waals surface area contributed by atoms with Crippen molar-refractivity contribution in [2.75, 3.05) is 6.54 Å². The lowest BCUT2D eigenvalue weighted by Gasteiger charge is -2.28. The van der Waals surface area contributed by atoms with Gasteiger partial charge in [-0.05, 0) is 43.7 Å². The minimum atomic E-state index is -0.898. The molecule has 0 aromatic heterocycles. The Bertz CT molecular complexity index is 386. The van der Waals surface area contributed by atoms with E-state index in [1.54, 1.807) is 0 Å². The molecule has 3 N–H and O–H groups in total. The number of hydrogen-bond donors (Lipinski definition) is 3. The van der Waals surface area contributed by atoms with Gasteiger partial charge in [0.05, 0.1) is 0 Å². The lowest BCUT2D eigenvalue weighted by molar-refractivity contribution is 0.182. The molecule has 19 heavy (non-hydrogen) atoms. The Labute approximate surface area is 114 Å². The zero-order valence-corrected chi connectivity index (χ0v) is 11.1. The van der Waals surface area contributed by atoms with Crippen LogP contribution in [0.2, 0.25) is 0 Å². The third kappa shape index (κ3) is 4.91. The second-order valence-corrected chi connectivity index (χ2v) is 5.28. The molecule has 0 radical (unpaired) electrons. The highest BCUT2D eigenvalue weighted by molar-refractivity contribution is 5.64. The maximum Gasteiger partial charge on any atom is 0.404 e. The van der Waals surface area contributed by atoms with Gasteiger partial charge >= 0.3 is 6.09 Å². The first kappa shape index (κ1) is 13.9. The predicted octanol–water partition coefficient (Wildman–Crippen LogP) is 2.60. The summed E-state index contributed by atoms with van der Waals surface area (Å²) in [7, 11) is 0. The third-order valence-electron chi connectivity index (χ3n) is 3.78. The van der Waals surface area contributed by atoms with Gasteiger partial charge in [-0.25, -0.2) is 4.79 Å². The minimum Gasteiger partial charge on any atom is -0.465 e. The average Bonchev–Trinajstić information content (AvgIpc) is 2.41. The zero-order valence-electron chi connectivity index (χ0n) is 11.1. The molecule has 1 aromatic carbocycles. The first-order valence-corrected chi connectivity index (χ1v) is 6.98. The molecule has 1 aromatic rings. The van der Waals surface area contributed by atoms with E-state index >= 15 is 0 Å². The summed E-state index contributed by atoms with van der Waals surface area (Å²) in [5.41, 5.74) is 1.31. The minimum absolute atomic E-state index is 0.155. The summed E-state index contributed by atoms with van der Waals surface area (Å²) in [5.74, 6) is 0.676. The molecule has 2 rings (SSSR count). The summed E-state index contributed by atoms with van der Waals surface area (Å²) in [6.07, 6.45) is 3.23.